The van der Waals surface area contributed by atoms with Gasteiger partial charge in [-0.2, -0.15) is 5.26 Å². The smallest absolute Gasteiger partial charge is 0.257 e. The van der Waals surface area contributed by atoms with E-state index in [1.54, 1.807) is 26.8 Å². The predicted octanol–water partition coefficient (Wildman–Crippen LogP) is 10.0. The van der Waals surface area contributed by atoms with Crippen LogP contribution < -0.4 is 9.47 Å². The molecule has 1 fully saturated rings. The molecule has 7 rings (SSSR count). The van der Waals surface area contributed by atoms with Gasteiger partial charge in [-0.25, -0.2) is 9.65 Å². The third-order valence-electron chi connectivity index (χ3n) is 10.9. The molecule has 1 aliphatic rings. The zero-order chi connectivity index (χ0) is 40.9. The van der Waals surface area contributed by atoms with Crippen LogP contribution in [0.15, 0.2) is 126 Å². The molecular formula is C46H51N4O7P. The molecule has 1 aliphatic heterocycles. The molecule has 3 heterocycles. The molecule has 12 heteroatoms. The van der Waals surface area contributed by atoms with Crippen molar-refractivity contribution < 1.29 is 32.8 Å². The molecule has 0 aliphatic carbocycles. The number of rotatable bonds is 17. The summed E-state index contributed by atoms with van der Waals surface area (Å²) in [6.07, 6.45) is 3.09. The van der Waals surface area contributed by atoms with Gasteiger partial charge in [-0.1, -0.05) is 60.7 Å². The largest absolute Gasteiger partial charge is 0.497 e. The molecule has 0 bridgehead atoms. The van der Waals surface area contributed by atoms with Gasteiger partial charge in [-0.15, -0.1) is 0 Å². The number of fused-ring (bicyclic) bond motifs is 1. The summed E-state index contributed by atoms with van der Waals surface area (Å²) in [6.45, 7) is 8.24. The van der Waals surface area contributed by atoms with Gasteiger partial charge in [-0.05, 0) is 99.3 Å². The predicted molar refractivity (Wildman–Crippen MR) is 224 cm³/mol. The molecule has 2 aromatic heterocycles. The highest BCUT2D eigenvalue weighted by atomic mass is 31.2. The third kappa shape index (κ3) is 8.27. The summed E-state index contributed by atoms with van der Waals surface area (Å²) in [6, 6.07) is 37.9. The van der Waals surface area contributed by atoms with Crippen molar-refractivity contribution in [2.24, 2.45) is 0 Å². The van der Waals surface area contributed by atoms with E-state index < -0.39 is 38.1 Å². The highest BCUT2D eigenvalue weighted by Gasteiger charge is 2.46. The quantitative estimate of drug-likeness (QED) is 0.0704. The van der Waals surface area contributed by atoms with Crippen LogP contribution in [0.2, 0.25) is 0 Å². The highest BCUT2D eigenvalue weighted by Crippen LogP contribution is 2.50. The van der Waals surface area contributed by atoms with Crippen LogP contribution in [-0.4, -0.2) is 63.7 Å². The lowest BCUT2D eigenvalue weighted by atomic mass is 9.80. The second-order valence-electron chi connectivity index (χ2n) is 15.3. The minimum absolute atomic E-state index is 0.0638. The van der Waals surface area contributed by atoms with Crippen molar-refractivity contribution in [2.45, 2.75) is 82.6 Å². The van der Waals surface area contributed by atoms with E-state index in [0.29, 0.717) is 19.3 Å². The number of hydrogen-bond donors (Lipinski definition) is 1. The molecule has 302 valence electrons. The first-order valence-electron chi connectivity index (χ1n) is 19.5. The number of imidazole rings is 1. The van der Waals surface area contributed by atoms with Crippen LogP contribution in [0.4, 0.5) is 0 Å². The van der Waals surface area contributed by atoms with Gasteiger partial charge >= 0.3 is 0 Å². The van der Waals surface area contributed by atoms with E-state index in [0.717, 1.165) is 50.5 Å². The van der Waals surface area contributed by atoms with Crippen LogP contribution in [-0.2, 0) is 19.6 Å². The van der Waals surface area contributed by atoms with Crippen molar-refractivity contribution >= 4 is 19.6 Å². The average Bonchev–Trinajstić information content (AvgIpc) is 4.02. The molecule has 0 amide bonds. The van der Waals surface area contributed by atoms with Crippen molar-refractivity contribution in [3.8, 4) is 28.9 Å². The second-order valence-corrected chi connectivity index (χ2v) is 16.4. The third-order valence-corrected chi connectivity index (χ3v) is 12.7. The Morgan fingerprint density at radius 3 is 2.14 bits per heavy atom. The van der Waals surface area contributed by atoms with Crippen LogP contribution in [0.25, 0.3) is 22.4 Å². The topological polar surface area (TPSA) is 124 Å². The van der Waals surface area contributed by atoms with E-state index in [4.69, 9.17) is 32.9 Å². The standard InChI is InChI=1S/C46H51N4O7P/c1-32(2)50(45(3,4)26-12-27-47)58(51)57-41-29-43(49-31-48-44-38(15-10-16-39(44)49)40-17-11-28-54-40)56-42(41)30-55-46(33-13-8-7-9-14-33,34-18-22-36(52-5)23-19-34)35-20-24-37(53-6)25-21-35/h7-11,13-25,28,31-32,41-43,51H,12,26,29-30H2,1-6H3/t41-,42+,43+,58?/m0/s1. The Bertz CT molecular complexity index is 2220. The van der Waals surface area contributed by atoms with Crippen LogP contribution >= 0.6 is 8.53 Å². The first-order valence-corrected chi connectivity index (χ1v) is 20.7. The number of furan rings is 1. The molecule has 1 unspecified atom stereocenters. The fraction of sp³-hybridized carbons (Fsp3) is 0.348. The molecular weight excluding hydrogens is 752 g/mol. The zero-order valence-electron chi connectivity index (χ0n) is 33.8. The number of hydrogen-bond acceptors (Lipinski definition) is 10. The molecule has 11 nitrogen and oxygen atoms in total. The Hall–Kier alpha value is -5.05. The lowest BCUT2D eigenvalue weighted by Crippen LogP contribution is -2.45. The molecule has 0 spiro atoms. The second kappa shape index (κ2) is 17.8. The minimum atomic E-state index is -2.13. The SMILES string of the molecule is COc1ccc(C(OC[C@H]2O[C@@H](n3cnc4c(-c5ccco5)cccc43)C[C@@H]2OP(O)N(C(C)C)C(C)(C)CCC#N)(c2ccccc2)c2ccc(OC)cc2)cc1. The monoisotopic (exact) mass is 802 g/mol. The summed E-state index contributed by atoms with van der Waals surface area (Å²) >= 11 is 0. The highest BCUT2D eigenvalue weighted by molar-refractivity contribution is 7.43. The number of methoxy groups -OCH3 is 2. The Morgan fingerprint density at radius 1 is 0.897 bits per heavy atom. The minimum Gasteiger partial charge on any atom is -0.497 e. The fourth-order valence-corrected chi connectivity index (χ4v) is 9.63. The Balaban J connectivity index is 1.29. The number of ether oxygens (including phenoxy) is 4. The summed E-state index contributed by atoms with van der Waals surface area (Å²) in [7, 11) is 1.17. The van der Waals surface area contributed by atoms with E-state index in [9.17, 15) is 10.2 Å². The van der Waals surface area contributed by atoms with Gasteiger partial charge in [0.05, 0.1) is 56.6 Å². The van der Waals surface area contributed by atoms with Gasteiger partial charge in [0.25, 0.3) is 8.53 Å². The first kappa shape index (κ1) is 41.1. The molecule has 4 atom stereocenters. The molecule has 6 aromatic rings. The molecule has 1 saturated heterocycles. The summed E-state index contributed by atoms with van der Waals surface area (Å²) in [5.74, 6) is 2.17. The van der Waals surface area contributed by atoms with E-state index in [1.807, 2.05) is 134 Å². The summed E-state index contributed by atoms with van der Waals surface area (Å²) in [5.41, 5.74) is 3.62. The Morgan fingerprint density at radius 2 is 1.55 bits per heavy atom. The van der Waals surface area contributed by atoms with Crippen LogP contribution in [0, 0.1) is 11.3 Å². The van der Waals surface area contributed by atoms with Gasteiger partial charge in [0.2, 0.25) is 0 Å². The van der Waals surface area contributed by atoms with Crippen LogP contribution in [0.5, 0.6) is 11.5 Å². The maximum atomic E-state index is 12.0. The van der Waals surface area contributed by atoms with E-state index >= 15 is 0 Å². The van der Waals surface area contributed by atoms with Gasteiger partial charge in [-0.3, -0.25) is 0 Å². The lowest BCUT2D eigenvalue weighted by molar-refractivity contribution is -0.0910. The van der Waals surface area contributed by atoms with Crippen LogP contribution in [0.3, 0.4) is 0 Å². The van der Waals surface area contributed by atoms with Crippen LogP contribution in [0.1, 0.15) is 69.9 Å². The van der Waals surface area contributed by atoms with Gasteiger partial charge in [0, 0.05) is 30.0 Å². The number of nitrogens with zero attached hydrogens (tertiary/aromatic N) is 4. The van der Waals surface area contributed by atoms with Crippen molar-refractivity contribution in [3.05, 3.63) is 138 Å². The maximum absolute atomic E-state index is 12.0. The molecule has 4 aromatic carbocycles. The first-order chi connectivity index (χ1) is 28.1. The number of aromatic nitrogens is 2. The summed E-state index contributed by atoms with van der Waals surface area (Å²) in [4.78, 5) is 16.8. The Kier molecular flexibility index (Phi) is 12.6. The van der Waals surface area contributed by atoms with Gasteiger partial charge < -0.3 is 37.3 Å². The van der Waals surface area contributed by atoms with Gasteiger partial charge in [0.15, 0.2) is 0 Å². The Labute approximate surface area is 341 Å². The van der Waals surface area contributed by atoms with Crippen molar-refractivity contribution in [3.63, 3.8) is 0 Å². The van der Waals surface area contributed by atoms with E-state index in [1.165, 1.54) is 0 Å². The summed E-state index contributed by atoms with van der Waals surface area (Å²) < 4.78 is 41.9. The molecule has 58 heavy (non-hydrogen) atoms. The maximum Gasteiger partial charge on any atom is 0.257 e. The zero-order valence-corrected chi connectivity index (χ0v) is 34.7. The van der Waals surface area contributed by atoms with Crippen molar-refractivity contribution in [1.82, 2.24) is 14.2 Å². The van der Waals surface area contributed by atoms with E-state index in [-0.39, 0.29) is 12.6 Å². The fourth-order valence-electron chi connectivity index (χ4n) is 8.11. The number of nitriles is 1. The van der Waals surface area contributed by atoms with Crippen molar-refractivity contribution in [2.75, 3.05) is 20.8 Å². The molecule has 0 saturated carbocycles. The van der Waals surface area contributed by atoms with Gasteiger partial charge in [0.1, 0.15) is 35.2 Å². The summed E-state index contributed by atoms with van der Waals surface area (Å²) in [5, 5.41) is 9.43. The normalized spacial score (nSPS) is 17.8. The van der Waals surface area contributed by atoms with E-state index in [2.05, 4.69) is 18.2 Å². The number of benzene rings is 4. The number of para-hydroxylation sites is 1. The lowest BCUT2D eigenvalue weighted by Gasteiger charge is -2.43. The molecule has 0 radical (unpaired) electrons. The van der Waals surface area contributed by atoms with Crippen molar-refractivity contribution in [1.29, 1.82) is 5.26 Å². The average molecular weight is 803 g/mol. The molecule has 1 N–H and O–H groups in total.